The number of hydrogen-bond acceptors (Lipinski definition) is 2. The van der Waals surface area contributed by atoms with Crippen molar-refractivity contribution >= 4 is 10.9 Å². The molecule has 0 saturated heterocycles. The average molecular weight is 268 g/mol. The van der Waals surface area contributed by atoms with E-state index in [0.29, 0.717) is 0 Å². The van der Waals surface area contributed by atoms with Crippen LogP contribution in [0.2, 0.25) is 0 Å². The Labute approximate surface area is 119 Å². The van der Waals surface area contributed by atoms with E-state index in [9.17, 15) is 0 Å². The maximum Gasteiger partial charge on any atom is 0.191 e. The molecule has 0 fully saturated rings. The Morgan fingerprint density at radius 2 is 2.05 bits per heavy atom. The highest BCUT2D eigenvalue weighted by Crippen LogP contribution is 2.21. The molecule has 2 heterocycles. The number of fused-ring (bicyclic) bond motifs is 1. The van der Waals surface area contributed by atoms with Gasteiger partial charge in [0.1, 0.15) is 5.76 Å². The van der Waals surface area contributed by atoms with Crippen molar-refractivity contribution in [3.63, 3.8) is 0 Å². The van der Waals surface area contributed by atoms with Crippen LogP contribution < -0.4 is 0 Å². The average Bonchev–Trinajstić information content (AvgIpc) is 2.99. The third-order valence-electron chi connectivity index (χ3n) is 3.87. The highest BCUT2D eigenvalue weighted by molar-refractivity contribution is 5.83. The summed E-state index contributed by atoms with van der Waals surface area (Å²) in [6, 6.07) is 8.76. The van der Waals surface area contributed by atoms with E-state index in [1.165, 1.54) is 16.5 Å². The van der Waals surface area contributed by atoms with Crippen molar-refractivity contribution in [2.24, 2.45) is 0 Å². The number of nitrogens with zero attached hydrogens (tertiary/aromatic N) is 2. The van der Waals surface area contributed by atoms with Crippen LogP contribution in [0.4, 0.5) is 0 Å². The number of hydrogen-bond donors (Lipinski definition) is 0. The Kier molecular flexibility index (Phi) is 3.35. The summed E-state index contributed by atoms with van der Waals surface area (Å²) in [5, 5.41) is 1.36. The second kappa shape index (κ2) is 5.16. The molecule has 1 aromatic carbocycles. The van der Waals surface area contributed by atoms with E-state index in [4.69, 9.17) is 4.42 Å². The fourth-order valence-corrected chi connectivity index (χ4v) is 2.82. The van der Waals surface area contributed by atoms with Crippen LogP contribution in [0.25, 0.3) is 10.9 Å². The van der Waals surface area contributed by atoms with Crippen LogP contribution in [-0.4, -0.2) is 9.55 Å². The summed E-state index contributed by atoms with van der Waals surface area (Å²) in [5.41, 5.74) is 3.79. The van der Waals surface area contributed by atoms with Crippen molar-refractivity contribution in [3.05, 3.63) is 53.4 Å². The van der Waals surface area contributed by atoms with E-state index in [1.807, 2.05) is 13.8 Å². The highest BCUT2D eigenvalue weighted by Gasteiger charge is 2.08. The van der Waals surface area contributed by atoms with Crippen LogP contribution in [0.15, 0.2) is 34.9 Å². The Morgan fingerprint density at radius 1 is 1.20 bits per heavy atom. The number of rotatable bonds is 4. The lowest BCUT2D eigenvalue weighted by Gasteiger charge is -2.05. The van der Waals surface area contributed by atoms with Gasteiger partial charge in [-0.2, -0.15) is 0 Å². The Hall–Kier alpha value is -2.03. The molecule has 0 unspecified atom stereocenters. The second-order valence-corrected chi connectivity index (χ2v) is 5.20. The molecule has 0 N–H and O–H groups in total. The highest BCUT2D eigenvalue weighted by atomic mass is 16.4. The fourth-order valence-electron chi connectivity index (χ4n) is 2.82. The predicted octanol–water partition coefficient (Wildman–Crippen LogP) is 4.05. The topological polar surface area (TPSA) is 31.0 Å². The minimum absolute atomic E-state index is 0.753. The molecule has 0 aliphatic carbocycles. The molecule has 3 nitrogen and oxygen atoms in total. The van der Waals surface area contributed by atoms with Gasteiger partial charge in [0.15, 0.2) is 5.89 Å². The third-order valence-corrected chi connectivity index (χ3v) is 3.87. The first kappa shape index (κ1) is 13.0. The van der Waals surface area contributed by atoms with Gasteiger partial charge in [-0.05, 0) is 31.0 Å². The van der Waals surface area contributed by atoms with Gasteiger partial charge in [0, 0.05) is 37.0 Å². The maximum absolute atomic E-state index is 5.49. The second-order valence-electron chi connectivity index (χ2n) is 5.20. The Balaban J connectivity index is 1.86. The number of benzene rings is 1. The standard InChI is InChI=1S/C17H20N2O/c1-4-14-6-5-7-17-15(14)8-10-19(17)11-9-16-12(2)20-13(3)18-16/h5-8,10H,4,9,11H2,1-3H3. The summed E-state index contributed by atoms with van der Waals surface area (Å²) >= 11 is 0. The minimum Gasteiger partial charge on any atom is -0.446 e. The van der Waals surface area contributed by atoms with Crippen molar-refractivity contribution in [3.8, 4) is 0 Å². The molecule has 3 aromatic rings. The minimum atomic E-state index is 0.753. The molecule has 0 spiro atoms. The normalized spacial score (nSPS) is 11.3. The first-order valence-corrected chi connectivity index (χ1v) is 7.18. The smallest absolute Gasteiger partial charge is 0.191 e. The number of aromatic nitrogens is 2. The van der Waals surface area contributed by atoms with Crippen molar-refractivity contribution in [1.82, 2.24) is 9.55 Å². The van der Waals surface area contributed by atoms with Crippen LogP contribution in [0, 0.1) is 13.8 Å². The molecular formula is C17H20N2O. The van der Waals surface area contributed by atoms with Crippen molar-refractivity contribution in [1.29, 1.82) is 0 Å². The lowest BCUT2D eigenvalue weighted by Crippen LogP contribution is -2.01. The molecule has 104 valence electrons. The van der Waals surface area contributed by atoms with E-state index in [2.05, 4.69) is 46.9 Å². The van der Waals surface area contributed by atoms with Crippen LogP contribution in [0.5, 0.6) is 0 Å². The quantitative estimate of drug-likeness (QED) is 0.714. The van der Waals surface area contributed by atoms with Crippen molar-refractivity contribution in [2.45, 2.75) is 40.2 Å². The van der Waals surface area contributed by atoms with Crippen molar-refractivity contribution in [2.75, 3.05) is 0 Å². The first-order valence-electron chi connectivity index (χ1n) is 7.18. The first-order chi connectivity index (χ1) is 9.69. The molecular weight excluding hydrogens is 248 g/mol. The van der Waals surface area contributed by atoms with Gasteiger partial charge < -0.3 is 8.98 Å². The van der Waals surface area contributed by atoms with E-state index in [-0.39, 0.29) is 0 Å². The molecule has 0 radical (unpaired) electrons. The number of aryl methyl sites for hydroxylation is 5. The molecule has 3 heteroatoms. The Bertz CT molecular complexity index is 737. The van der Waals surface area contributed by atoms with Gasteiger partial charge in [-0.25, -0.2) is 4.98 Å². The zero-order chi connectivity index (χ0) is 14.1. The van der Waals surface area contributed by atoms with Crippen LogP contribution in [0.1, 0.15) is 29.8 Å². The molecule has 0 bridgehead atoms. The van der Waals surface area contributed by atoms with Gasteiger partial charge >= 0.3 is 0 Å². The van der Waals surface area contributed by atoms with Crippen LogP contribution in [-0.2, 0) is 19.4 Å². The van der Waals surface area contributed by atoms with Crippen LogP contribution >= 0.6 is 0 Å². The Morgan fingerprint density at radius 3 is 2.75 bits per heavy atom. The van der Waals surface area contributed by atoms with Gasteiger partial charge in [0.2, 0.25) is 0 Å². The van der Waals surface area contributed by atoms with Gasteiger partial charge in [-0.1, -0.05) is 19.1 Å². The molecule has 0 aliphatic rings. The lowest BCUT2D eigenvalue weighted by atomic mass is 10.1. The zero-order valence-corrected chi connectivity index (χ0v) is 12.3. The van der Waals surface area contributed by atoms with Gasteiger partial charge in [-0.3, -0.25) is 0 Å². The number of oxazole rings is 1. The molecule has 0 saturated carbocycles. The van der Waals surface area contributed by atoms with E-state index < -0.39 is 0 Å². The summed E-state index contributed by atoms with van der Waals surface area (Å²) < 4.78 is 7.79. The summed E-state index contributed by atoms with van der Waals surface area (Å²) in [6.45, 7) is 7.02. The van der Waals surface area contributed by atoms with Gasteiger partial charge in [-0.15, -0.1) is 0 Å². The van der Waals surface area contributed by atoms with Gasteiger partial charge in [0.05, 0.1) is 5.69 Å². The third kappa shape index (κ3) is 2.24. The molecule has 20 heavy (non-hydrogen) atoms. The van der Waals surface area contributed by atoms with Crippen LogP contribution in [0.3, 0.4) is 0 Å². The summed E-state index contributed by atoms with van der Waals surface area (Å²) in [7, 11) is 0. The van der Waals surface area contributed by atoms with Crippen molar-refractivity contribution < 1.29 is 4.42 Å². The van der Waals surface area contributed by atoms with E-state index in [0.717, 1.165) is 36.7 Å². The summed E-state index contributed by atoms with van der Waals surface area (Å²) in [5.74, 6) is 1.69. The largest absolute Gasteiger partial charge is 0.446 e. The zero-order valence-electron chi connectivity index (χ0n) is 12.3. The monoisotopic (exact) mass is 268 g/mol. The predicted molar refractivity (Wildman–Crippen MR) is 81.0 cm³/mol. The maximum atomic E-state index is 5.49. The summed E-state index contributed by atoms with van der Waals surface area (Å²) in [6.07, 6.45) is 4.15. The van der Waals surface area contributed by atoms with E-state index in [1.54, 1.807) is 0 Å². The molecule has 3 rings (SSSR count). The molecule has 0 atom stereocenters. The summed E-state index contributed by atoms with van der Waals surface area (Å²) in [4.78, 5) is 4.44. The SMILES string of the molecule is CCc1cccc2c1ccn2CCc1nc(C)oc1C. The lowest BCUT2D eigenvalue weighted by molar-refractivity contribution is 0.492. The molecule has 0 aliphatic heterocycles. The van der Waals surface area contributed by atoms with E-state index >= 15 is 0 Å². The van der Waals surface area contributed by atoms with Gasteiger partial charge in [0.25, 0.3) is 0 Å². The molecule has 2 aromatic heterocycles. The molecule has 0 amide bonds. The fraction of sp³-hybridized carbons (Fsp3) is 0.353.